The van der Waals surface area contributed by atoms with E-state index in [1.54, 1.807) is 0 Å². The molecule has 3 fully saturated rings. The second-order valence-corrected chi connectivity index (χ2v) is 12.0. The van der Waals surface area contributed by atoms with Crippen LogP contribution in [0.25, 0.3) is 0 Å². The molecule has 6 rings (SSSR count). The molecule has 1 aromatic heterocycles. The van der Waals surface area contributed by atoms with Gasteiger partial charge >= 0.3 is 0 Å². The molecule has 206 valence electrons. The van der Waals surface area contributed by atoms with E-state index in [1.807, 2.05) is 24.0 Å². The number of hydrogen-bond donors (Lipinski definition) is 1. The molecule has 3 aromatic rings. The van der Waals surface area contributed by atoms with E-state index in [9.17, 15) is 9.18 Å². The SMILES string of the molecule is Cc1c(OCCc2ccnn2C)ccc(C(C)N2C3CCC2C2CC2(NC(=O)c2ccc(F)c(Cl)c2)C3)c1C. The quantitative estimate of drug-likeness (QED) is 0.377. The molecule has 2 aromatic carbocycles. The molecule has 1 N–H and O–H groups in total. The van der Waals surface area contributed by atoms with Crippen LogP contribution in [0.3, 0.4) is 0 Å². The molecule has 2 bridgehead atoms. The summed E-state index contributed by atoms with van der Waals surface area (Å²) < 4.78 is 21.7. The summed E-state index contributed by atoms with van der Waals surface area (Å²) in [6, 6.07) is 11.7. The lowest BCUT2D eigenvalue weighted by Crippen LogP contribution is -2.52. The van der Waals surface area contributed by atoms with Crippen molar-refractivity contribution in [1.29, 1.82) is 0 Å². The lowest BCUT2D eigenvalue weighted by molar-refractivity contribution is 0.0656. The zero-order chi connectivity index (χ0) is 27.5. The van der Waals surface area contributed by atoms with Crippen LogP contribution in [0.4, 0.5) is 4.39 Å². The number of fused-ring (bicyclic) bond motifs is 4. The molecule has 2 aliphatic heterocycles. The number of halogens is 2. The smallest absolute Gasteiger partial charge is 0.251 e. The van der Waals surface area contributed by atoms with E-state index in [0.29, 0.717) is 30.2 Å². The molecule has 5 atom stereocenters. The minimum atomic E-state index is -0.509. The monoisotopic (exact) mass is 550 g/mol. The Kier molecular flexibility index (Phi) is 6.71. The van der Waals surface area contributed by atoms with Crippen molar-refractivity contribution < 1.29 is 13.9 Å². The van der Waals surface area contributed by atoms with Gasteiger partial charge in [0.2, 0.25) is 0 Å². The molecular weight excluding hydrogens is 515 g/mol. The third kappa shape index (κ3) is 4.63. The van der Waals surface area contributed by atoms with Crippen LogP contribution in [0.2, 0.25) is 5.02 Å². The molecule has 0 radical (unpaired) electrons. The number of ether oxygens (including phenoxy) is 1. The third-order valence-corrected chi connectivity index (χ3v) is 9.85. The fraction of sp³-hybridized carbons (Fsp3) is 0.484. The molecule has 0 spiro atoms. The van der Waals surface area contributed by atoms with Crippen molar-refractivity contribution in [1.82, 2.24) is 20.0 Å². The zero-order valence-corrected chi connectivity index (χ0v) is 23.8. The van der Waals surface area contributed by atoms with E-state index < -0.39 is 5.82 Å². The average molecular weight is 551 g/mol. The number of piperidine rings is 1. The summed E-state index contributed by atoms with van der Waals surface area (Å²) in [5, 5.41) is 7.53. The van der Waals surface area contributed by atoms with Gasteiger partial charge in [0.1, 0.15) is 11.6 Å². The van der Waals surface area contributed by atoms with Gasteiger partial charge < -0.3 is 10.1 Å². The van der Waals surface area contributed by atoms with Crippen molar-refractivity contribution in [2.45, 2.75) is 76.5 Å². The number of nitrogens with zero attached hydrogens (tertiary/aromatic N) is 3. The van der Waals surface area contributed by atoms with Crippen LogP contribution in [0.5, 0.6) is 5.75 Å². The Labute approximate surface area is 234 Å². The molecule has 39 heavy (non-hydrogen) atoms. The van der Waals surface area contributed by atoms with Crippen LogP contribution in [0.15, 0.2) is 42.6 Å². The summed E-state index contributed by atoms with van der Waals surface area (Å²) in [6.45, 7) is 7.30. The van der Waals surface area contributed by atoms with Crippen molar-refractivity contribution in [2.75, 3.05) is 6.61 Å². The first kappa shape index (κ1) is 26.3. The summed E-state index contributed by atoms with van der Waals surface area (Å²) in [6.07, 6.45) is 6.89. The standard InChI is InChI=1S/C31H36ClFN4O2/c1-18-19(2)29(39-14-12-22-11-13-34-36(22)4)10-7-24(18)20(3)37-23-6-9-28(37)25-17-31(25,16-23)35-30(38)21-5-8-27(33)26(32)15-21/h5,7-8,10-11,13,15,20,23,25,28H,6,9,12,14,16-17H2,1-4H3,(H,35,38). The number of benzene rings is 2. The number of aromatic nitrogens is 2. The van der Waals surface area contributed by atoms with E-state index in [2.05, 4.69) is 48.2 Å². The normalized spacial score (nSPS) is 26.3. The van der Waals surface area contributed by atoms with Crippen molar-refractivity contribution in [3.05, 3.63) is 81.4 Å². The predicted octanol–water partition coefficient (Wildman–Crippen LogP) is 5.94. The van der Waals surface area contributed by atoms with E-state index >= 15 is 0 Å². The van der Waals surface area contributed by atoms with E-state index in [-0.39, 0.29) is 22.5 Å². The van der Waals surface area contributed by atoms with E-state index in [0.717, 1.165) is 43.5 Å². The van der Waals surface area contributed by atoms with Gasteiger partial charge in [0.05, 0.1) is 11.6 Å². The number of amides is 1. The number of nitrogens with one attached hydrogen (secondary N) is 1. The van der Waals surface area contributed by atoms with Crippen molar-refractivity contribution in [3.8, 4) is 5.75 Å². The summed E-state index contributed by atoms with van der Waals surface area (Å²) in [7, 11) is 1.95. The summed E-state index contributed by atoms with van der Waals surface area (Å²) >= 11 is 5.93. The highest BCUT2D eigenvalue weighted by Crippen LogP contribution is 2.61. The number of aryl methyl sites for hydroxylation is 1. The van der Waals surface area contributed by atoms with Gasteiger partial charge in [0.15, 0.2) is 0 Å². The Bertz CT molecular complexity index is 1420. The minimum Gasteiger partial charge on any atom is -0.493 e. The Morgan fingerprint density at radius 2 is 2.03 bits per heavy atom. The lowest BCUT2D eigenvalue weighted by Gasteiger charge is -2.43. The fourth-order valence-electron chi connectivity index (χ4n) is 7.27. The second kappa shape index (κ2) is 9.93. The zero-order valence-electron chi connectivity index (χ0n) is 23.0. The van der Waals surface area contributed by atoms with Gasteiger partial charge in [-0.05, 0) is 99.4 Å². The summed E-state index contributed by atoms with van der Waals surface area (Å²) in [5.41, 5.74) is 5.24. The van der Waals surface area contributed by atoms with Gasteiger partial charge in [-0.25, -0.2) is 4.39 Å². The molecule has 2 saturated heterocycles. The average Bonchev–Trinajstić information content (AvgIpc) is 3.29. The summed E-state index contributed by atoms with van der Waals surface area (Å²) in [4.78, 5) is 15.7. The van der Waals surface area contributed by atoms with Gasteiger partial charge in [-0.2, -0.15) is 5.10 Å². The fourth-order valence-corrected chi connectivity index (χ4v) is 7.45. The maximum atomic E-state index is 13.6. The van der Waals surface area contributed by atoms with Crippen molar-refractivity contribution in [3.63, 3.8) is 0 Å². The Morgan fingerprint density at radius 1 is 1.21 bits per heavy atom. The van der Waals surface area contributed by atoms with Gasteiger partial charge in [-0.1, -0.05) is 17.7 Å². The molecule has 3 aliphatic rings. The van der Waals surface area contributed by atoms with Crippen LogP contribution < -0.4 is 10.1 Å². The maximum absolute atomic E-state index is 13.6. The number of carbonyl (C=O) groups excluding carboxylic acids is 1. The Balaban J connectivity index is 1.13. The van der Waals surface area contributed by atoms with E-state index in [4.69, 9.17) is 16.3 Å². The first-order valence-corrected chi connectivity index (χ1v) is 14.3. The molecule has 6 nitrogen and oxygen atoms in total. The lowest BCUT2D eigenvalue weighted by atomic mass is 9.91. The van der Waals surface area contributed by atoms with Gasteiger partial charge in [-0.3, -0.25) is 14.4 Å². The van der Waals surface area contributed by atoms with Crippen LogP contribution in [-0.2, 0) is 13.5 Å². The summed E-state index contributed by atoms with van der Waals surface area (Å²) in [5.74, 6) is 0.711. The molecule has 1 saturated carbocycles. The van der Waals surface area contributed by atoms with E-state index in [1.165, 1.54) is 34.9 Å². The molecule has 8 heteroatoms. The van der Waals surface area contributed by atoms with Crippen LogP contribution in [0.1, 0.15) is 71.4 Å². The number of hydrogen-bond acceptors (Lipinski definition) is 4. The first-order chi connectivity index (χ1) is 18.7. The number of carbonyl (C=O) groups is 1. The molecule has 1 amide bonds. The van der Waals surface area contributed by atoms with Crippen LogP contribution in [-0.4, -0.2) is 44.8 Å². The highest BCUT2D eigenvalue weighted by Gasteiger charge is 2.66. The molecule has 1 aliphatic carbocycles. The Morgan fingerprint density at radius 3 is 2.77 bits per heavy atom. The van der Waals surface area contributed by atoms with Gasteiger partial charge in [0.25, 0.3) is 5.91 Å². The van der Waals surface area contributed by atoms with Crippen molar-refractivity contribution >= 4 is 17.5 Å². The van der Waals surface area contributed by atoms with Gasteiger partial charge in [0, 0.05) is 54.6 Å². The maximum Gasteiger partial charge on any atom is 0.251 e. The second-order valence-electron chi connectivity index (χ2n) is 11.6. The largest absolute Gasteiger partial charge is 0.493 e. The molecule has 5 unspecified atom stereocenters. The molecular formula is C31H36ClFN4O2. The van der Waals surface area contributed by atoms with Gasteiger partial charge in [-0.15, -0.1) is 0 Å². The minimum absolute atomic E-state index is 0.0216. The predicted molar refractivity (Wildman–Crippen MR) is 150 cm³/mol. The topological polar surface area (TPSA) is 59.4 Å². The Hall–Kier alpha value is -2.90. The third-order valence-electron chi connectivity index (χ3n) is 9.56. The van der Waals surface area contributed by atoms with Crippen LogP contribution in [0, 0.1) is 25.6 Å². The highest BCUT2D eigenvalue weighted by molar-refractivity contribution is 6.31. The molecule has 3 heterocycles. The highest BCUT2D eigenvalue weighted by atomic mass is 35.5. The van der Waals surface area contributed by atoms with Crippen molar-refractivity contribution in [2.24, 2.45) is 13.0 Å². The first-order valence-electron chi connectivity index (χ1n) is 13.9. The number of rotatable bonds is 8. The van der Waals surface area contributed by atoms with Crippen LogP contribution >= 0.6 is 11.6 Å².